The van der Waals surface area contributed by atoms with Crippen LogP contribution < -0.4 is 15.1 Å². The van der Waals surface area contributed by atoms with Crippen LogP contribution in [0.25, 0.3) is 30.6 Å². The molecule has 3 aromatic heterocycles. The number of aromatic nitrogens is 3. The number of rotatable bonds is 7. The van der Waals surface area contributed by atoms with Gasteiger partial charge >= 0.3 is 17.9 Å². The van der Waals surface area contributed by atoms with Gasteiger partial charge in [0.05, 0.1) is 60.6 Å². The van der Waals surface area contributed by atoms with Crippen molar-refractivity contribution in [2.75, 3.05) is 62.3 Å². The maximum Gasteiger partial charge on any atom is 0.338 e. The summed E-state index contributed by atoms with van der Waals surface area (Å²) in [6, 6.07) is 15.2. The lowest BCUT2D eigenvalue weighted by Crippen LogP contribution is -2.39. The fourth-order valence-electron chi connectivity index (χ4n) is 6.65. The van der Waals surface area contributed by atoms with Gasteiger partial charge in [0.1, 0.15) is 0 Å². The number of piperidine rings is 3. The van der Waals surface area contributed by atoms with Gasteiger partial charge in [-0.3, -0.25) is 0 Å². The number of anilines is 2. The van der Waals surface area contributed by atoms with E-state index in [1.54, 1.807) is 56.3 Å². The largest absolute Gasteiger partial charge is 0.478 e. The first-order valence-corrected chi connectivity index (χ1v) is 23.9. The number of carboxylic acid groups (broad SMARTS) is 1. The van der Waals surface area contributed by atoms with Crippen molar-refractivity contribution in [2.24, 2.45) is 0 Å². The summed E-state index contributed by atoms with van der Waals surface area (Å²) in [7, 11) is 0. The number of aromatic carboxylic acids is 1. The Hall–Kier alpha value is -4.64. The molecule has 0 radical (unpaired) electrons. The molecule has 22 heteroatoms. The summed E-state index contributed by atoms with van der Waals surface area (Å²) in [4.78, 5) is 50.9. The summed E-state index contributed by atoms with van der Waals surface area (Å²) in [5.74, 6) is -9.17. The number of hydrogen-bond donors (Lipinski definition) is 2. The Morgan fingerprint density at radius 2 is 0.985 bits per heavy atom. The van der Waals surface area contributed by atoms with Crippen LogP contribution in [0.3, 0.4) is 0 Å². The van der Waals surface area contributed by atoms with Gasteiger partial charge in [0.15, 0.2) is 14.2 Å². The van der Waals surface area contributed by atoms with E-state index in [4.69, 9.17) is 14.6 Å². The molecule has 6 aromatic rings. The number of halogens is 7. The monoisotopic (exact) mass is 1030 g/mol. The maximum absolute atomic E-state index is 13.2. The predicted octanol–water partition coefficient (Wildman–Crippen LogP) is 11.2. The van der Waals surface area contributed by atoms with Crippen molar-refractivity contribution in [3.8, 4) is 0 Å². The Morgan fingerprint density at radius 3 is 1.37 bits per heavy atom. The fourth-order valence-corrected chi connectivity index (χ4v) is 10.2. The van der Waals surface area contributed by atoms with Crippen molar-refractivity contribution in [1.29, 1.82) is 0 Å². The summed E-state index contributed by atoms with van der Waals surface area (Å²) >= 11 is 7.57. The van der Waals surface area contributed by atoms with Crippen molar-refractivity contribution in [2.45, 2.75) is 70.1 Å². The molecule has 0 saturated carbocycles. The third-order valence-corrected chi connectivity index (χ3v) is 13.9. The first-order valence-electron chi connectivity index (χ1n) is 20.6. The standard InChI is InChI=1S/C15H16F2N2O2S.C13H12F2N2O2S.C10H8BrNO2S.C5H9F2N/c1-2-21-13(20)10-3-4-11-12(9-10)22-14(18-11)19-7-5-15(16,17)6-8-19;14-13(15)3-5-17(6-4-13)12-16-9-2-1-8(11(18)19)7-10(9)20-12;1-2-14-9(13)6-3-4-7-8(5-6)15-10(11)12-7;6-5(7)1-3-8-4-2-5/h3-4,9H,2,5-8H2,1H3;1-2,7H,3-6H2,(H,18,19);3-5H,2H2,1H3;8H,1-4H2. The minimum atomic E-state index is -2.58. The van der Waals surface area contributed by atoms with Crippen LogP contribution in [0.4, 0.5) is 36.6 Å². The van der Waals surface area contributed by atoms with Gasteiger partial charge in [-0.2, -0.15) is 0 Å². The average Bonchev–Trinajstić information content (AvgIpc) is 3.99. The highest BCUT2D eigenvalue weighted by Gasteiger charge is 2.36. The highest BCUT2D eigenvalue weighted by atomic mass is 79.9. The third-order valence-electron chi connectivity index (χ3n) is 10.3. The quantitative estimate of drug-likeness (QED) is 0.116. The molecule has 3 fully saturated rings. The van der Waals surface area contributed by atoms with Crippen molar-refractivity contribution in [3.63, 3.8) is 0 Å². The normalized spacial score (nSPS) is 17.5. The second kappa shape index (κ2) is 21.8. The zero-order chi connectivity index (χ0) is 46.9. The van der Waals surface area contributed by atoms with E-state index in [-0.39, 0.29) is 69.1 Å². The second-order valence-electron chi connectivity index (χ2n) is 15.0. The SMILES string of the molecule is CCOC(=O)c1ccc2nc(Br)sc2c1.CCOC(=O)c1ccc2nc(N3CCC(F)(F)CC3)sc2c1.FC1(F)CCNCC1.O=C(O)c1ccc2nc(N3CCC(F)(F)CC3)sc2c1. The van der Waals surface area contributed by atoms with Gasteiger partial charge in [0.25, 0.3) is 17.8 Å². The number of esters is 2. The van der Waals surface area contributed by atoms with Crippen LogP contribution in [0.1, 0.15) is 83.4 Å². The number of nitrogens with zero attached hydrogens (tertiary/aromatic N) is 5. The predicted molar refractivity (Wildman–Crippen MR) is 245 cm³/mol. The summed E-state index contributed by atoms with van der Waals surface area (Å²) in [5.41, 5.74) is 3.62. The Labute approximate surface area is 390 Å². The van der Waals surface area contributed by atoms with E-state index >= 15 is 0 Å². The molecule has 3 aliphatic heterocycles. The van der Waals surface area contributed by atoms with Crippen LogP contribution in [0.2, 0.25) is 0 Å². The molecule has 3 saturated heterocycles. The first kappa shape index (κ1) is 49.8. The number of hydrogen-bond acceptors (Lipinski definition) is 14. The van der Waals surface area contributed by atoms with Crippen LogP contribution in [0.5, 0.6) is 0 Å². The molecule has 0 aliphatic carbocycles. The van der Waals surface area contributed by atoms with Gasteiger partial charge in [-0.05, 0) is 84.4 Å². The molecule has 9 rings (SSSR count). The molecule has 350 valence electrons. The van der Waals surface area contributed by atoms with E-state index in [0.717, 1.165) is 34.2 Å². The molecule has 3 aliphatic rings. The van der Waals surface area contributed by atoms with Crippen LogP contribution in [-0.4, -0.2) is 108 Å². The van der Waals surface area contributed by atoms with Gasteiger partial charge in [0, 0.05) is 77.8 Å². The molecule has 3 aromatic carbocycles. The molecule has 0 atom stereocenters. The van der Waals surface area contributed by atoms with E-state index in [2.05, 4.69) is 36.2 Å². The number of thiazole rings is 3. The second-order valence-corrected chi connectivity index (χ2v) is 19.4. The van der Waals surface area contributed by atoms with Gasteiger partial charge in [-0.15, -0.1) is 11.3 Å². The van der Waals surface area contributed by atoms with E-state index < -0.39 is 23.7 Å². The zero-order valence-corrected chi connectivity index (χ0v) is 39.2. The van der Waals surface area contributed by atoms with Crippen LogP contribution in [0, 0.1) is 0 Å². The lowest BCUT2D eigenvalue weighted by atomic mass is 10.1. The lowest BCUT2D eigenvalue weighted by molar-refractivity contribution is -0.0275. The molecule has 0 spiro atoms. The molecule has 2 N–H and O–H groups in total. The number of ether oxygens (including phenoxy) is 2. The number of fused-ring (bicyclic) bond motifs is 3. The highest BCUT2D eigenvalue weighted by Crippen LogP contribution is 2.37. The molecule has 0 amide bonds. The minimum absolute atomic E-state index is 0.00694. The topological polar surface area (TPSA) is 147 Å². The summed E-state index contributed by atoms with van der Waals surface area (Å²) < 4.78 is 90.3. The summed E-state index contributed by atoms with van der Waals surface area (Å²) in [5, 5.41) is 13.2. The van der Waals surface area contributed by atoms with Gasteiger partial charge in [-0.1, -0.05) is 22.7 Å². The maximum atomic E-state index is 13.2. The summed E-state index contributed by atoms with van der Waals surface area (Å²) in [6.45, 7) is 6.36. The highest BCUT2D eigenvalue weighted by molar-refractivity contribution is 9.11. The first-order chi connectivity index (χ1) is 30.8. The number of alkyl halides is 6. The Balaban J connectivity index is 0.000000151. The molecular weight excluding hydrogens is 987 g/mol. The minimum Gasteiger partial charge on any atom is -0.478 e. The van der Waals surface area contributed by atoms with Gasteiger partial charge < -0.3 is 29.7 Å². The zero-order valence-electron chi connectivity index (χ0n) is 35.2. The number of carboxylic acids is 1. The third kappa shape index (κ3) is 13.9. The molecule has 6 heterocycles. The average molecular weight is 1030 g/mol. The molecule has 0 bridgehead atoms. The number of carbonyl (C=O) groups excluding carboxylic acids is 2. The molecular formula is C43H45BrF6N6O6S3. The molecule has 0 unspecified atom stereocenters. The fraction of sp³-hybridized carbons (Fsp3) is 0.442. The Morgan fingerprint density at radius 1 is 0.615 bits per heavy atom. The van der Waals surface area contributed by atoms with Crippen molar-refractivity contribution in [3.05, 3.63) is 75.2 Å². The van der Waals surface area contributed by atoms with Crippen LogP contribution in [-0.2, 0) is 9.47 Å². The van der Waals surface area contributed by atoms with Gasteiger partial charge in [0.2, 0.25) is 0 Å². The van der Waals surface area contributed by atoms with Gasteiger partial charge in [-0.25, -0.2) is 55.7 Å². The summed E-state index contributed by atoms with van der Waals surface area (Å²) in [6.07, 6.45) is -0.597. The van der Waals surface area contributed by atoms with Crippen LogP contribution >= 0.6 is 49.9 Å². The van der Waals surface area contributed by atoms with E-state index in [9.17, 15) is 40.7 Å². The number of benzene rings is 3. The Bertz CT molecular complexity index is 2580. The van der Waals surface area contributed by atoms with Crippen LogP contribution in [0.15, 0.2) is 58.5 Å². The molecule has 65 heavy (non-hydrogen) atoms. The number of nitrogens with one attached hydrogen (secondary N) is 1. The van der Waals surface area contributed by atoms with E-state index in [1.807, 2.05) is 15.9 Å². The number of carbonyl (C=O) groups is 3. The Kier molecular flexibility index (Phi) is 16.7. The van der Waals surface area contributed by atoms with E-state index in [1.165, 1.54) is 40.1 Å². The van der Waals surface area contributed by atoms with Crippen molar-refractivity contribution >= 4 is 109 Å². The molecule has 12 nitrogen and oxygen atoms in total. The van der Waals surface area contributed by atoms with Crippen molar-refractivity contribution in [1.82, 2.24) is 20.3 Å². The van der Waals surface area contributed by atoms with Crippen molar-refractivity contribution < 1.29 is 55.3 Å². The lowest BCUT2D eigenvalue weighted by Gasteiger charge is -2.31. The smallest absolute Gasteiger partial charge is 0.338 e. The van der Waals surface area contributed by atoms with E-state index in [0.29, 0.717) is 61.2 Å².